The van der Waals surface area contributed by atoms with Crippen LogP contribution in [0.15, 0.2) is 0 Å². The van der Waals surface area contributed by atoms with Gasteiger partial charge in [0.1, 0.15) is 31.5 Å². The van der Waals surface area contributed by atoms with Crippen LogP contribution in [0, 0.1) is 5.92 Å². The number of alkyl carbamates (subject to hydrolysis) is 1. The van der Waals surface area contributed by atoms with Crippen molar-refractivity contribution in [3.63, 3.8) is 0 Å². The van der Waals surface area contributed by atoms with Gasteiger partial charge in [-0.15, -0.1) is 0 Å². The van der Waals surface area contributed by atoms with E-state index in [1.165, 1.54) is 7.11 Å². The monoisotopic (exact) mass is 588 g/mol. The van der Waals surface area contributed by atoms with Crippen molar-refractivity contribution in [3.05, 3.63) is 0 Å². The van der Waals surface area contributed by atoms with Crippen molar-refractivity contribution in [2.24, 2.45) is 5.92 Å². The fraction of sp³-hybridized carbons (Fsp3) is 0.880. The Bertz CT molecular complexity index is 712. The molecule has 15 heteroatoms. The normalized spacial score (nSPS) is 23.4. The molecule has 1 fully saturated rings. The van der Waals surface area contributed by atoms with Gasteiger partial charge in [0.2, 0.25) is 5.91 Å². The van der Waals surface area contributed by atoms with Gasteiger partial charge in [-0.3, -0.25) is 4.79 Å². The molecule has 0 saturated carbocycles. The first-order valence-electron chi connectivity index (χ1n) is 11.9. The van der Waals surface area contributed by atoms with Crippen molar-refractivity contribution >= 4 is 18.0 Å². The van der Waals surface area contributed by atoms with Gasteiger partial charge < -0.3 is 59.9 Å². The van der Waals surface area contributed by atoms with Gasteiger partial charge in [-0.1, -0.05) is 36.1 Å². The first-order chi connectivity index (χ1) is 17.5. The molecule has 6 unspecified atom stereocenters. The molecule has 40 heavy (non-hydrogen) atoms. The van der Waals surface area contributed by atoms with Crippen LogP contribution >= 0.6 is 0 Å². The standard InChI is InChI=1S/C22H40N2O13.3CH4/c1-13(2)4-5-36-22(20(30)31)10-14(26)17(19(37-22)18(29)15(27)12-25)24-16(28)11-23-21(32)35-9-8-34-7-6-33-3;;;/h13-15,17-19,25-27,29H,4-12H2,1-3H3,(H,23,32)(H,24,28)(H,30,31);3*1H4. The summed E-state index contributed by atoms with van der Waals surface area (Å²) in [5.41, 5.74) is 0. The summed E-state index contributed by atoms with van der Waals surface area (Å²) in [6.07, 6.45) is -8.04. The number of aliphatic carboxylic acids is 1. The zero-order chi connectivity index (χ0) is 28.0. The van der Waals surface area contributed by atoms with Gasteiger partial charge >= 0.3 is 12.1 Å². The zero-order valence-corrected chi connectivity index (χ0v) is 21.3. The second-order valence-corrected chi connectivity index (χ2v) is 8.87. The maximum absolute atomic E-state index is 12.4. The van der Waals surface area contributed by atoms with E-state index in [9.17, 15) is 39.9 Å². The molecule has 7 N–H and O–H groups in total. The fourth-order valence-corrected chi connectivity index (χ4v) is 3.38. The van der Waals surface area contributed by atoms with E-state index in [-0.39, 0.29) is 48.0 Å². The van der Waals surface area contributed by atoms with Crippen molar-refractivity contribution in [2.45, 2.75) is 85.2 Å². The average molecular weight is 589 g/mol. The number of carboxylic acids is 1. The van der Waals surface area contributed by atoms with Crippen LogP contribution in [0.3, 0.4) is 0 Å². The minimum atomic E-state index is -2.37. The molecule has 6 atom stereocenters. The van der Waals surface area contributed by atoms with Crippen LogP contribution in [0.2, 0.25) is 0 Å². The lowest BCUT2D eigenvalue weighted by Gasteiger charge is -2.46. The lowest BCUT2D eigenvalue weighted by atomic mass is 9.88. The molecule has 0 aromatic carbocycles. The Morgan fingerprint density at radius 2 is 1.68 bits per heavy atom. The van der Waals surface area contributed by atoms with Gasteiger partial charge in [0.15, 0.2) is 0 Å². The summed E-state index contributed by atoms with van der Waals surface area (Å²) < 4.78 is 25.8. The van der Waals surface area contributed by atoms with E-state index < -0.39 is 73.8 Å². The minimum Gasteiger partial charge on any atom is -0.477 e. The summed E-state index contributed by atoms with van der Waals surface area (Å²) >= 11 is 0. The van der Waals surface area contributed by atoms with Gasteiger partial charge in [0.05, 0.1) is 45.2 Å². The third-order valence-corrected chi connectivity index (χ3v) is 5.46. The summed E-state index contributed by atoms with van der Waals surface area (Å²) in [7, 11) is 1.51. The van der Waals surface area contributed by atoms with E-state index in [0.717, 1.165) is 0 Å². The Morgan fingerprint density at radius 1 is 1.05 bits per heavy atom. The molecule has 0 bridgehead atoms. The number of nitrogens with one attached hydrogen (secondary N) is 2. The third-order valence-electron chi connectivity index (χ3n) is 5.46. The second kappa shape index (κ2) is 21.6. The molecule has 0 aromatic heterocycles. The molecule has 1 aliphatic rings. The van der Waals surface area contributed by atoms with E-state index in [0.29, 0.717) is 19.6 Å². The number of hydrogen-bond acceptors (Lipinski definition) is 12. The molecular weight excluding hydrogens is 536 g/mol. The highest BCUT2D eigenvalue weighted by Gasteiger charge is 2.55. The largest absolute Gasteiger partial charge is 0.477 e. The Labute approximate surface area is 237 Å². The van der Waals surface area contributed by atoms with Crippen molar-refractivity contribution in [3.8, 4) is 0 Å². The predicted molar refractivity (Wildman–Crippen MR) is 145 cm³/mol. The van der Waals surface area contributed by atoms with Crippen LogP contribution in [-0.4, -0.2) is 133 Å². The van der Waals surface area contributed by atoms with Crippen molar-refractivity contribution in [1.82, 2.24) is 10.6 Å². The van der Waals surface area contributed by atoms with E-state index in [1.807, 2.05) is 13.8 Å². The first-order valence-corrected chi connectivity index (χ1v) is 11.9. The SMILES string of the molecule is C.C.C.COCCOCCOC(=O)NCC(=O)NC1C(O)CC(OCCC(C)C)(C(=O)O)OC1C(O)C(O)CO. The predicted octanol–water partition coefficient (Wildman–Crippen LogP) is -0.524. The van der Waals surface area contributed by atoms with Crippen molar-refractivity contribution in [1.29, 1.82) is 0 Å². The molecule has 1 heterocycles. The van der Waals surface area contributed by atoms with Crippen LogP contribution in [-0.2, 0) is 33.3 Å². The van der Waals surface area contributed by atoms with Crippen LogP contribution in [0.4, 0.5) is 4.79 Å². The molecule has 1 aliphatic heterocycles. The highest BCUT2D eigenvalue weighted by Crippen LogP contribution is 2.33. The Kier molecular flexibility index (Phi) is 22.9. The van der Waals surface area contributed by atoms with Crippen LogP contribution in [0.5, 0.6) is 0 Å². The number of amides is 2. The molecular formula is C25H52N2O13. The maximum Gasteiger partial charge on any atom is 0.407 e. The number of methoxy groups -OCH3 is 1. The van der Waals surface area contributed by atoms with Crippen molar-refractivity contribution < 1.29 is 63.6 Å². The van der Waals surface area contributed by atoms with E-state index in [2.05, 4.69) is 10.6 Å². The topological polar surface area (TPSA) is 223 Å². The molecule has 0 aromatic rings. The number of carbonyl (C=O) groups excluding carboxylic acids is 2. The van der Waals surface area contributed by atoms with Crippen molar-refractivity contribution in [2.75, 3.05) is 53.3 Å². The van der Waals surface area contributed by atoms with Gasteiger partial charge in [0.25, 0.3) is 5.79 Å². The molecule has 15 nitrogen and oxygen atoms in total. The van der Waals surface area contributed by atoms with E-state index >= 15 is 0 Å². The van der Waals surface area contributed by atoms with Crippen LogP contribution in [0.1, 0.15) is 49.0 Å². The molecule has 1 saturated heterocycles. The highest BCUT2D eigenvalue weighted by atomic mass is 16.7. The van der Waals surface area contributed by atoms with Gasteiger partial charge in [-0.2, -0.15) is 0 Å². The maximum atomic E-state index is 12.4. The van der Waals surface area contributed by atoms with Crippen LogP contribution < -0.4 is 10.6 Å². The summed E-state index contributed by atoms with van der Waals surface area (Å²) in [5.74, 6) is -4.61. The van der Waals surface area contributed by atoms with E-state index in [4.69, 9.17) is 23.7 Å². The zero-order valence-electron chi connectivity index (χ0n) is 21.3. The number of hydrogen-bond donors (Lipinski definition) is 7. The first kappa shape index (κ1) is 42.4. The molecule has 0 spiro atoms. The molecule has 2 amide bonds. The molecule has 1 rings (SSSR count). The van der Waals surface area contributed by atoms with Gasteiger partial charge in [-0.05, 0) is 12.3 Å². The van der Waals surface area contributed by atoms with Gasteiger partial charge in [-0.25, -0.2) is 9.59 Å². The summed E-state index contributed by atoms with van der Waals surface area (Å²) in [6, 6.07) is -1.42. The van der Waals surface area contributed by atoms with Gasteiger partial charge in [0, 0.05) is 13.5 Å². The number of carbonyl (C=O) groups is 3. The smallest absolute Gasteiger partial charge is 0.407 e. The third kappa shape index (κ3) is 14.0. The second-order valence-electron chi connectivity index (χ2n) is 8.87. The lowest BCUT2D eigenvalue weighted by molar-refractivity contribution is -0.311. The number of carboxylic acid groups (broad SMARTS) is 1. The Hall–Kier alpha value is -2.11. The Morgan fingerprint density at radius 3 is 2.23 bits per heavy atom. The van der Waals surface area contributed by atoms with E-state index in [1.54, 1.807) is 0 Å². The van der Waals surface area contributed by atoms with Crippen LogP contribution in [0.25, 0.3) is 0 Å². The highest BCUT2D eigenvalue weighted by molar-refractivity contribution is 5.82. The Balaban J connectivity index is -0.00000456. The quantitative estimate of drug-likeness (QED) is 0.106. The lowest BCUT2D eigenvalue weighted by Crippen LogP contribution is -2.68. The fourth-order valence-electron chi connectivity index (χ4n) is 3.38. The summed E-state index contributed by atoms with van der Waals surface area (Å²) in [4.78, 5) is 36.2. The minimum absolute atomic E-state index is 0. The number of rotatable bonds is 17. The summed E-state index contributed by atoms with van der Waals surface area (Å²) in [6.45, 7) is 2.99. The molecule has 0 radical (unpaired) electrons. The summed E-state index contributed by atoms with van der Waals surface area (Å²) in [5, 5.41) is 54.8. The number of aliphatic hydroxyl groups is 4. The number of aliphatic hydroxyl groups excluding tert-OH is 4. The number of ether oxygens (including phenoxy) is 5. The molecule has 0 aliphatic carbocycles. The molecule has 240 valence electrons. The average Bonchev–Trinajstić information content (AvgIpc) is 2.84.